The zero-order valence-corrected chi connectivity index (χ0v) is 14.6. The van der Waals surface area contributed by atoms with Gasteiger partial charge < -0.3 is 9.80 Å². The summed E-state index contributed by atoms with van der Waals surface area (Å²) in [5, 5.41) is 5.17. The summed E-state index contributed by atoms with van der Waals surface area (Å²) in [7, 11) is 1.82. The molecule has 1 fully saturated rings. The molecule has 0 bridgehead atoms. The Morgan fingerprint density at radius 2 is 2.09 bits per heavy atom. The minimum absolute atomic E-state index is 0.00702. The lowest BCUT2D eigenvalue weighted by molar-refractivity contribution is 0.0760. The van der Waals surface area contributed by atoms with E-state index in [1.807, 2.05) is 11.9 Å². The third-order valence-electron chi connectivity index (χ3n) is 3.93. The molecule has 124 valence electrons. The molecule has 1 saturated heterocycles. The van der Waals surface area contributed by atoms with Gasteiger partial charge in [-0.15, -0.1) is 0 Å². The molecule has 0 saturated carbocycles. The fourth-order valence-corrected chi connectivity index (χ4v) is 3.45. The van der Waals surface area contributed by atoms with Crippen molar-refractivity contribution in [2.24, 2.45) is 7.05 Å². The Morgan fingerprint density at radius 3 is 2.74 bits per heavy atom. The van der Waals surface area contributed by atoms with Crippen molar-refractivity contribution < 1.29 is 4.79 Å². The molecule has 0 atom stereocenters. The zero-order chi connectivity index (χ0) is 16.4. The molecule has 8 heteroatoms. The molecule has 2 aromatic rings. The maximum atomic E-state index is 12.5. The highest BCUT2D eigenvalue weighted by atomic mass is 32.1. The topological polar surface area (TPSA) is 67.2 Å². The minimum Gasteiger partial charge on any atom is -0.345 e. The first-order chi connectivity index (χ1) is 11.0. The van der Waals surface area contributed by atoms with Gasteiger partial charge in [-0.2, -0.15) is 9.47 Å². The van der Waals surface area contributed by atoms with Crippen LogP contribution in [0.5, 0.6) is 0 Å². The number of aryl methyl sites for hydroxylation is 1. The van der Waals surface area contributed by atoms with Gasteiger partial charge in [0.05, 0.1) is 0 Å². The summed E-state index contributed by atoms with van der Waals surface area (Å²) >= 11 is 1.45. The number of carbonyl (C=O) groups excluding carboxylic acids is 1. The van der Waals surface area contributed by atoms with Crippen LogP contribution in [-0.4, -0.2) is 56.1 Å². The van der Waals surface area contributed by atoms with Gasteiger partial charge in [0.2, 0.25) is 5.13 Å². The summed E-state index contributed by atoms with van der Waals surface area (Å²) in [6.07, 6.45) is 2.72. The second-order valence-corrected chi connectivity index (χ2v) is 6.83. The van der Waals surface area contributed by atoms with E-state index in [4.69, 9.17) is 0 Å². The van der Waals surface area contributed by atoms with Crippen molar-refractivity contribution in [2.45, 2.75) is 26.2 Å². The number of anilines is 1. The van der Waals surface area contributed by atoms with Crippen molar-refractivity contribution in [3.63, 3.8) is 0 Å². The highest BCUT2D eigenvalue weighted by molar-refractivity contribution is 7.09. The van der Waals surface area contributed by atoms with Gasteiger partial charge in [-0.3, -0.25) is 9.48 Å². The maximum absolute atomic E-state index is 12.5. The van der Waals surface area contributed by atoms with Crippen molar-refractivity contribution in [2.75, 3.05) is 31.1 Å². The second kappa shape index (κ2) is 6.66. The standard InChI is InChI=1S/C15H22N6OS/c1-11(2)13-16-15(23-18-13)21-7-4-6-20(9-10-21)14(22)12-5-8-19(3)17-12/h5,8,11H,4,6-7,9-10H2,1-3H3. The minimum atomic E-state index is 0.00702. The number of carbonyl (C=O) groups is 1. The Hall–Kier alpha value is -1.96. The first kappa shape index (κ1) is 15.9. The van der Waals surface area contributed by atoms with E-state index in [1.54, 1.807) is 16.9 Å². The van der Waals surface area contributed by atoms with E-state index in [0.717, 1.165) is 37.0 Å². The Kier molecular flexibility index (Phi) is 4.61. The lowest BCUT2D eigenvalue weighted by atomic mass is 10.2. The number of aromatic nitrogens is 4. The Balaban J connectivity index is 1.65. The van der Waals surface area contributed by atoms with Crippen LogP contribution in [0, 0.1) is 0 Å². The monoisotopic (exact) mass is 334 g/mol. The lowest BCUT2D eigenvalue weighted by Gasteiger charge is -2.20. The number of hydrogen-bond donors (Lipinski definition) is 0. The molecule has 1 amide bonds. The molecular weight excluding hydrogens is 312 g/mol. The Morgan fingerprint density at radius 1 is 1.26 bits per heavy atom. The highest BCUT2D eigenvalue weighted by Gasteiger charge is 2.23. The molecule has 0 aromatic carbocycles. The molecule has 3 rings (SSSR count). The van der Waals surface area contributed by atoms with E-state index in [1.165, 1.54) is 11.5 Å². The molecular formula is C15H22N6OS. The molecule has 1 aliphatic heterocycles. The van der Waals surface area contributed by atoms with Gasteiger partial charge in [-0.1, -0.05) is 13.8 Å². The predicted molar refractivity (Wildman–Crippen MR) is 89.9 cm³/mol. The summed E-state index contributed by atoms with van der Waals surface area (Å²) in [6.45, 7) is 7.32. The van der Waals surface area contributed by atoms with Gasteiger partial charge in [0.15, 0.2) is 0 Å². The fourth-order valence-electron chi connectivity index (χ4n) is 2.59. The lowest BCUT2D eigenvalue weighted by Crippen LogP contribution is -2.35. The molecule has 0 unspecified atom stereocenters. The average molecular weight is 334 g/mol. The first-order valence-electron chi connectivity index (χ1n) is 7.92. The third kappa shape index (κ3) is 3.52. The normalized spacial score (nSPS) is 16.0. The largest absolute Gasteiger partial charge is 0.345 e. The molecule has 7 nitrogen and oxygen atoms in total. The molecule has 0 radical (unpaired) electrons. The number of nitrogens with zero attached hydrogens (tertiary/aromatic N) is 6. The molecule has 2 aromatic heterocycles. The van der Waals surface area contributed by atoms with E-state index < -0.39 is 0 Å². The smallest absolute Gasteiger partial charge is 0.274 e. The molecule has 1 aliphatic rings. The summed E-state index contributed by atoms with van der Waals surface area (Å²) in [5.74, 6) is 1.25. The van der Waals surface area contributed by atoms with Crippen molar-refractivity contribution in [1.29, 1.82) is 0 Å². The maximum Gasteiger partial charge on any atom is 0.274 e. The van der Waals surface area contributed by atoms with Crippen molar-refractivity contribution >= 4 is 22.6 Å². The first-order valence-corrected chi connectivity index (χ1v) is 8.69. The summed E-state index contributed by atoms with van der Waals surface area (Å²) in [4.78, 5) is 21.2. The Bertz CT molecular complexity index is 679. The van der Waals surface area contributed by atoms with E-state index in [0.29, 0.717) is 18.2 Å². The quantitative estimate of drug-likeness (QED) is 0.855. The molecule has 0 N–H and O–H groups in total. The van der Waals surface area contributed by atoms with Crippen molar-refractivity contribution in [3.8, 4) is 0 Å². The van der Waals surface area contributed by atoms with Gasteiger partial charge in [-0.25, -0.2) is 4.98 Å². The van der Waals surface area contributed by atoms with Gasteiger partial charge in [0.1, 0.15) is 11.5 Å². The van der Waals surface area contributed by atoms with Crippen molar-refractivity contribution in [3.05, 3.63) is 23.8 Å². The molecule has 0 spiro atoms. The summed E-state index contributed by atoms with van der Waals surface area (Å²) in [5.41, 5.74) is 0.513. The van der Waals surface area contributed by atoms with E-state index >= 15 is 0 Å². The van der Waals surface area contributed by atoms with E-state index in [9.17, 15) is 4.79 Å². The van der Waals surface area contributed by atoms with Crippen LogP contribution < -0.4 is 4.90 Å². The van der Waals surface area contributed by atoms with Crippen LogP contribution in [0.15, 0.2) is 12.3 Å². The number of rotatable bonds is 3. The highest BCUT2D eigenvalue weighted by Crippen LogP contribution is 2.22. The van der Waals surface area contributed by atoms with Crippen LogP contribution in [-0.2, 0) is 7.05 Å². The Labute approximate surface area is 140 Å². The van der Waals surface area contributed by atoms with Crippen LogP contribution >= 0.6 is 11.5 Å². The summed E-state index contributed by atoms with van der Waals surface area (Å²) < 4.78 is 6.08. The van der Waals surface area contributed by atoms with Crippen LogP contribution in [0.3, 0.4) is 0 Å². The zero-order valence-electron chi connectivity index (χ0n) is 13.8. The molecule has 0 aliphatic carbocycles. The van der Waals surface area contributed by atoms with Crippen LogP contribution in [0.4, 0.5) is 5.13 Å². The van der Waals surface area contributed by atoms with Crippen LogP contribution in [0.1, 0.15) is 42.5 Å². The second-order valence-electron chi connectivity index (χ2n) is 6.10. The SMILES string of the molecule is CC(C)c1nsc(N2CCCN(C(=O)c3ccn(C)n3)CC2)n1. The predicted octanol–water partition coefficient (Wildman–Crippen LogP) is 1.75. The average Bonchev–Trinajstić information content (AvgIpc) is 3.11. The third-order valence-corrected chi connectivity index (χ3v) is 4.72. The van der Waals surface area contributed by atoms with E-state index in [-0.39, 0.29) is 5.91 Å². The molecule has 23 heavy (non-hydrogen) atoms. The summed E-state index contributed by atoms with van der Waals surface area (Å²) in [6, 6.07) is 1.77. The van der Waals surface area contributed by atoms with Crippen LogP contribution in [0.25, 0.3) is 0 Å². The van der Waals surface area contributed by atoms with Crippen LogP contribution in [0.2, 0.25) is 0 Å². The van der Waals surface area contributed by atoms with Gasteiger partial charge in [-0.05, 0) is 12.5 Å². The fraction of sp³-hybridized carbons (Fsp3) is 0.600. The van der Waals surface area contributed by atoms with Crippen molar-refractivity contribution in [1.82, 2.24) is 24.0 Å². The van der Waals surface area contributed by atoms with Gasteiger partial charge in [0.25, 0.3) is 5.91 Å². The number of amides is 1. The molecule has 3 heterocycles. The number of hydrogen-bond acceptors (Lipinski definition) is 6. The van der Waals surface area contributed by atoms with Gasteiger partial charge >= 0.3 is 0 Å². The van der Waals surface area contributed by atoms with E-state index in [2.05, 4.69) is 33.2 Å². The van der Waals surface area contributed by atoms with Gasteiger partial charge in [0, 0.05) is 56.9 Å².